The maximum Gasteiger partial charge on any atom is 0.227 e. The number of carbonyl (C=O) groups excluding carboxylic acids is 1. The molecule has 3 N–H and O–H groups in total. The topological polar surface area (TPSA) is 66.6 Å². The first kappa shape index (κ1) is 11.5. The highest BCUT2D eigenvalue weighted by molar-refractivity contribution is 5.79. The molecule has 1 amide bonds. The first-order valence-electron chi connectivity index (χ1n) is 5.24. The van der Waals surface area contributed by atoms with Gasteiger partial charge in [-0.15, -0.1) is 0 Å². The molecule has 1 heterocycles. The van der Waals surface area contributed by atoms with E-state index in [0.717, 1.165) is 19.4 Å². The minimum Gasteiger partial charge on any atom is -0.391 e. The van der Waals surface area contributed by atoms with Crippen LogP contribution in [0.25, 0.3) is 0 Å². The van der Waals surface area contributed by atoms with Gasteiger partial charge in [-0.3, -0.25) is 4.79 Å². The highest BCUT2D eigenvalue weighted by atomic mass is 16.3. The molecule has 1 aliphatic heterocycles. The van der Waals surface area contributed by atoms with Crippen molar-refractivity contribution in [1.29, 1.82) is 0 Å². The van der Waals surface area contributed by atoms with Gasteiger partial charge in [0.05, 0.1) is 12.0 Å². The fourth-order valence-electron chi connectivity index (χ4n) is 1.67. The average Bonchev–Trinajstić information content (AvgIpc) is 2.15. The number of piperidine rings is 1. The van der Waals surface area contributed by atoms with E-state index in [1.165, 1.54) is 0 Å². The molecule has 0 spiro atoms. The molecule has 0 aromatic rings. The van der Waals surface area contributed by atoms with E-state index in [9.17, 15) is 9.90 Å². The van der Waals surface area contributed by atoms with Crippen LogP contribution in [0.3, 0.4) is 0 Å². The zero-order chi connectivity index (χ0) is 10.7. The van der Waals surface area contributed by atoms with Crippen molar-refractivity contribution in [2.24, 2.45) is 11.7 Å². The minimum atomic E-state index is -0.354. The summed E-state index contributed by atoms with van der Waals surface area (Å²) in [4.78, 5) is 13.5. The van der Waals surface area contributed by atoms with Crippen LogP contribution in [0.4, 0.5) is 0 Å². The van der Waals surface area contributed by atoms with Gasteiger partial charge in [-0.1, -0.05) is 6.92 Å². The van der Waals surface area contributed by atoms with Crippen LogP contribution in [0.1, 0.15) is 26.7 Å². The standard InChI is InChI=1S/C10H20N2O2/c1-7(8(2)11)10(14)12-5-3-4-9(13)6-12/h7-9,13H,3-6,11H2,1-2H3. The van der Waals surface area contributed by atoms with Gasteiger partial charge in [0.1, 0.15) is 0 Å². The third-order valence-electron chi connectivity index (χ3n) is 2.89. The molecule has 1 saturated heterocycles. The zero-order valence-corrected chi connectivity index (χ0v) is 8.94. The summed E-state index contributed by atoms with van der Waals surface area (Å²) in [5, 5.41) is 9.42. The molecule has 4 heteroatoms. The molecule has 3 unspecified atom stereocenters. The number of nitrogens with zero attached hydrogens (tertiary/aromatic N) is 1. The molecule has 0 saturated carbocycles. The van der Waals surface area contributed by atoms with Crippen molar-refractivity contribution in [1.82, 2.24) is 4.90 Å². The number of aliphatic hydroxyl groups excluding tert-OH is 1. The lowest BCUT2D eigenvalue weighted by molar-refractivity contribution is -0.138. The Labute approximate surface area is 85.1 Å². The van der Waals surface area contributed by atoms with E-state index in [4.69, 9.17) is 5.73 Å². The van der Waals surface area contributed by atoms with E-state index < -0.39 is 0 Å². The summed E-state index contributed by atoms with van der Waals surface area (Å²) in [5.41, 5.74) is 5.67. The number of hydrogen-bond acceptors (Lipinski definition) is 3. The number of amides is 1. The van der Waals surface area contributed by atoms with E-state index in [-0.39, 0.29) is 24.0 Å². The van der Waals surface area contributed by atoms with Crippen molar-refractivity contribution in [3.63, 3.8) is 0 Å². The van der Waals surface area contributed by atoms with Gasteiger partial charge in [0, 0.05) is 19.1 Å². The Morgan fingerprint density at radius 1 is 1.57 bits per heavy atom. The fraction of sp³-hybridized carbons (Fsp3) is 0.900. The second kappa shape index (κ2) is 4.75. The molecule has 1 aliphatic rings. The summed E-state index contributed by atoms with van der Waals surface area (Å²) in [6.07, 6.45) is 1.34. The Bertz CT molecular complexity index is 206. The first-order valence-corrected chi connectivity index (χ1v) is 5.24. The number of carbonyl (C=O) groups is 1. The van der Waals surface area contributed by atoms with Crippen molar-refractivity contribution in [3.8, 4) is 0 Å². The van der Waals surface area contributed by atoms with E-state index in [1.54, 1.807) is 4.90 Å². The van der Waals surface area contributed by atoms with E-state index in [1.807, 2.05) is 13.8 Å². The molecule has 82 valence electrons. The van der Waals surface area contributed by atoms with Crippen molar-refractivity contribution < 1.29 is 9.90 Å². The number of nitrogens with two attached hydrogens (primary N) is 1. The zero-order valence-electron chi connectivity index (χ0n) is 8.94. The van der Waals surface area contributed by atoms with Crippen molar-refractivity contribution in [3.05, 3.63) is 0 Å². The number of aliphatic hydroxyl groups is 1. The van der Waals surface area contributed by atoms with E-state index in [0.29, 0.717) is 6.54 Å². The Morgan fingerprint density at radius 2 is 2.21 bits per heavy atom. The second-order valence-corrected chi connectivity index (χ2v) is 4.23. The van der Waals surface area contributed by atoms with E-state index in [2.05, 4.69) is 0 Å². The molecular formula is C10H20N2O2. The third-order valence-corrected chi connectivity index (χ3v) is 2.89. The van der Waals surface area contributed by atoms with Crippen molar-refractivity contribution in [2.45, 2.75) is 38.8 Å². The smallest absolute Gasteiger partial charge is 0.227 e. The van der Waals surface area contributed by atoms with Gasteiger partial charge in [0.2, 0.25) is 5.91 Å². The van der Waals surface area contributed by atoms with Gasteiger partial charge in [0.25, 0.3) is 0 Å². The molecule has 1 rings (SSSR count). The number of hydrogen-bond donors (Lipinski definition) is 2. The monoisotopic (exact) mass is 200 g/mol. The first-order chi connectivity index (χ1) is 6.52. The van der Waals surface area contributed by atoms with Gasteiger partial charge >= 0.3 is 0 Å². The normalized spacial score (nSPS) is 27.1. The second-order valence-electron chi connectivity index (χ2n) is 4.23. The van der Waals surface area contributed by atoms with Crippen molar-refractivity contribution >= 4 is 5.91 Å². The van der Waals surface area contributed by atoms with Crippen LogP contribution in [-0.2, 0) is 4.79 Å². The Hall–Kier alpha value is -0.610. The molecule has 0 radical (unpaired) electrons. The molecule has 1 fully saturated rings. The summed E-state index contributed by atoms with van der Waals surface area (Å²) in [7, 11) is 0. The Morgan fingerprint density at radius 3 is 2.71 bits per heavy atom. The van der Waals surface area contributed by atoms with Crippen LogP contribution in [-0.4, -0.2) is 41.1 Å². The lowest BCUT2D eigenvalue weighted by Gasteiger charge is -2.32. The molecule has 0 aliphatic carbocycles. The minimum absolute atomic E-state index is 0.0683. The van der Waals surface area contributed by atoms with Gasteiger partial charge in [-0.2, -0.15) is 0 Å². The largest absolute Gasteiger partial charge is 0.391 e. The predicted octanol–water partition coefficient (Wildman–Crippen LogP) is -0.0470. The van der Waals surface area contributed by atoms with Gasteiger partial charge in [-0.25, -0.2) is 0 Å². The van der Waals surface area contributed by atoms with Crippen LogP contribution >= 0.6 is 0 Å². The Kier molecular flexibility index (Phi) is 3.89. The molecule has 14 heavy (non-hydrogen) atoms. The lowest BCUT2D eigenvalue weighted by atomic mass is 10.0. The molecule has 0 bridgehead atoms. The van der Waals surface area contributed by atoms with Crippen LogP contribution in [0.2, 0.25) is 0 Å². The fourth-order valence-corrected chi connectivity index (χ4v) is 1.67. The van der Waals surface area contributed by atoms with Crippen LogP contribution in [0.15, 0.2) is 0 Å². The third kappa shape index (κ3) is 2.69. The highest BCUT2D eigenvalue weighted by Crippen LogP contribution is 2.14. The highest BCUT2D eigenvalue weighted by Gasteiger charge is 2.27. The summed E-state index contributed by atoms with van der Waals surface area (Å²) in [6.45, 7) is 4.90. The van der Waals surface area contributed by atoms with E-state index >= 15 is 0 Å². The maximum absolute atomic E-state index is 11.8. The maximum atomic E-state index is 11.8. The molecule has 0 aromatic heterocycles. The SMILES string of the molecule is CC(N)C(C)C(=O)N1CCCC(O)C1. The summed E-state index contributed by atoms with van der Waals surface area (Å²) >= 11 is 0. The number of rotatable bonds is 2. The van der Waals surface area contributed by atoms with Crippen LogP contribution in [0.5, 0.6) is 0 Å². The quantitative estimate of drug-likeness (QED) is 0.657. The Balaban J connectivity index is 2.51. The summed E-state index contributed by atoms with van der Waals surface area (Å²) in [6, 6.07) is -0.124. The van der Waals surface area contributed by atoms with Crippen LogP contribution < -0.4 is 5.73 Å². The predicted molar refractivity (Wildman–Crippen MR) is 54.6 cm³/mol. The summed E-state index contributed by atoms with van der Waals surface area (Å²) in [5.74, 6) is -0.0842. The van der Waals surface area contributed by atoms with Gasteiger partial charge < -0.3 is 15.7 Å². The summed E-state index contributed by atoms with van der Waals surface area (Å²) < 4.78 is 0. The number of β-amino-alcohol motifs (C(OH)–C–C–N with tert-alkyl or cyclic N) is 1. The van der Waals surface area contributed by atoms with Gasteiger partial charge in [0.15, 0.2) is 0 Å². The molecular weight excluding hydrogens is 180 g/mol. The lowest BCUT2D eigenvalue weighted by Crippen LogP contribution is -2.47. The number of likely N-dealkylation sites (tertiary alicyclic amines) is 1. The van der Waals surface area contributed by atoms with Gasteiger partial charge in [-0.05, 0) is 19.8 Å². The van der Waals surface area contributed by atoms with Crippen molar-refractivity contribution in [2.75, 3.05) is 13.1 Å². The van der Waals surface area contributed by atoms with Crippen LogP contribution in [0, 0.1) is 5.92 Å². The average molecular weight is 200 g/mol. The molecule has 4 nitrogen and oxygen atoms in total. The molecule has 0 aromatic carbocycles. The molecule has 3 atom stereocenters.